The van der Waals surface area contributed by atoms with Crippen molar-refractivity contribution in [3.05, 3.63) is 54.1 Å². The van der Waals surface area contributed by atoms with E-state index >= 15 is 0 Å². The molecule has 0 radical (unpaired) electrons. The minimum atomic E-state index is -0.596. The maximum absolute atomic E-state index is 12.4. The number of carbonyl (C=O) groups is 1. The average molecular weight is 532 g/mol. The number of rotatable bonds is 8. The molecule has 2 aliphatic rings. The lowest BCUT2D eigenvalue weighted by Gasteiger charge is -2.40. The first-order valence-corrected chi connectivity index (χ1v) is 13.4. The Morgan fingerprint density at radius 3 is 2.59 bits per heavy atom. The molecule has 1 amide bonds. The molecule has 1 saturated carbocycles. The third-order valence-corrected chi connectivity index (χ3v) is 7.92. The molecule has 1 aliphatic carbocycles. The number of likely N-dealkylation sites (tertiary alicyclic amines) is 1. The summed E-state index contributed by atoms with van der Waals surface area (Å²) in [6, 6.07) is 15.5. The third kappa shape index (κ3) is 5.68. The van der Waals surface area contributed by atoms with Gasteiger partial charge in [-0.25, -0.2) is 0 Å². The standard InChI is InChI=1S/C30H37N5O4/c1-20(21-10-12-23(38-5)13-11-21)33-39-16-26(36)31-32-27-24-8-6-7-9-25(24)35(28(27)37)19-34-18-30(4)15-22(34)14-29(2,3)17-30/h6-13,22,37H,14-19H2,1-5H3/b32-31?,33-20-/t22-,30+/m1/s1. The molecule has 2 aromatic carbocycles. The molecule has 1 aromatic heterocycles. The SMILES string of the molecule is COc1ccc(/C(C)=N\OCC(=O)N=Nc2c(O)n(CN3C[C@@]4(C)C[C@H]3CC(C)(C)C4)c3ccccc23)cc1. The van der Waals surface area contributed by atoms with Crippen molar-refractivity contribution >= 4 is 28.2 Å². The van der Waals surface area contributed by atoms with Crippen molar-refractivity contribution in [1.82, 2.24) is 9.47 Å². The van der Waals surface area contributed by atoms with Crippen LogP contribution in [0, 0.1) is 10.8 Å². The van der Waals surface area contributed by atoms with Crippen molar-refractivity contribution in [3.63, 3.8) is 0 Å². The van der Waals surface area contributed by atoms with Crippen molar-refractivity contribution in [1.29, 1.82) is 0 Å². The second-order valence-electron chi connectivity index (χ2n) is 12.0. The molecule has 2 fully saturated rings. The quantitative estimate of drug-likeness (QED) is 0.210. The lowest BCUT2D eigenvalue weighted by Crippen LogP contribution is -2.35. The number of amides is 1. The number of nitrogens with zero attached hydrogens (tertiary/aromatic N) is 5. The smallest absolute Gasteiger partial charge is 0.304 e. The van der Waals surface area contributed by atoms with Crippen LogP contribution in [0.2, 0.25) is 0 Å². The van der Waals surface area contributed by atoms with Crippen molar-refractivity contribution in [2.24, 2.45) is 26.2 Å². The zero-order valence-corrected chi connectivity index (χ0v) is 23.3. The number of ether oxygens (including phenoxy) is 1. The molecular weight excluding hydrogens is 494 g/mol. The number of methoxy groups -OCH3 is 1. The first-order valence-electron chi connectivity index (χ1n) is 13.4. The number of benzene rings is 2. The number of oxime groups is 1. The van der Waals surface area contributed by atoms with Gasteiger partial charge in [0.05, 0.1) is 25.0 Å². The van der Waals surface area contributed by atoms with Crippen LogP contribution >= 0.6 is 0 Å². The van der Waals surface area contributed by atoms with E-state index in [-0.39, 0.29) is 23.6 Å². The fourth-order valence-corrected chi connectivity index (χ4v) is 6.64. The highest BCUT2D eigenvalue weighted by Crippen LogP contribution is 2.53. The highest BCUT2D eigenvalue weighted by Gasteiger charge is 2.49. The molecule has 2 bridgehead atoms. The predicted octanol–water partition coefficient (Wildman–Crippen LogP) is 6.26. The van der Waals surface area contributed by atoms with Gasteiger partial charge in [-0.15, -0.1) is 10.2 Å². The van der Waals surface area contributed by atoms with Crippen molar-refractivity contribution < 1.29 is 19.5 Å². The predicted molar refractivity (Wildman–Crippen MR) is 151 cm³/mol. The van der Waals surface area contributed by atoms with E-state index < -0.39 is 5.91 Å². The van der Waals surface area contributed by atoms with Crippen LogP contribution in [0.1, 0.15) is 52.5 Å². The van der Waals surface area contributed by atoms with Crippen molar-refractivity contribution in [2.75, 3.05) is 20.3 Å². The number of fused-ring (bicyclic) bond motifs is 3. The highest BCUT2D eigenvalue weighted by molar-refractivity contribution is 5.98. The highest BCUT2D eigenvalue weighted by atomic mass is 16.6. The molecular formula is C30H37N5O4. The molecule has 3 aromatic rings. The van der Waals surface area contributed by atoms with E-state index in [1.165, 1.54) is 12.8 Å². The zero-order chi connectivity index (χ0) is 27.8. The van der Waals surface area contributed by atoms with Gasteiger partial charge < -0.3 is 14.7 Å². The molecule has 1 saturated heterocycles. The van der Waals surface area contributed by atoms with E-state index in [1.807, 2.05) is 53.1 Å². The van der Waals surface area contributed by atoms with Gasteiger partial charge in [-0.05, 0) is 72.9 Å². The number of para-hydroxylation sites is 1. The molecule has 2 atom stereocenters. The fraction of sp³-hybridized carbons (Fsp3) is 0.467. The Morgan fingerprint density at radius 1 is 1.10 bits per heavy atom. The number of hydrogen-bond acceptors (Lipinski definition) is 7. The van der Waals surface area contributed by atoms with Crippen LogP contribution in [0.5, 0.6) is 11.6 Å². The second-order valence-corrected chi connectivity index (χ2v) is 12.0. The summed E-state index contributed by atoms with van der Waals surface area (Å²) in [5, 5.41) is 23.9. The van der Waals surface area contributed by atoms with Crippen LogP contribution in [0.3, 0.4) is 0 Å². The molecule has 1 aliphatic heterocycles. The summed E-state index contributed by atoms with van der Waals surface area (Å²) in [5.74, 6) is 0.156. The van der Waals surface area contributed by atoms with Crippen LogP contribution in [0.15, 0.2) is 63.9 Å². The summed E-state index contributed by atoms with van der Waals surface area (Å²) in [5.41, 5.74) is 3.21. The van der Waals surface area contributed by atoms with Gasteiger partial charge in [-0.3, -0.25) is 14.3 Å². The Hall–Kier alpha value is -3.72. The van der Waals surface area contributed by atoms with E-state index in [4.69, 9.17) is 9.57 Å². The van der Waals surface area contributed by atoms with E-state index in [0.29, 0.717) is 23.8 Å². The topological polar surface area (TPSA) is 101 Å². The average Bonchev–Trinajstić information content (AvgIpc) is 3.30. The molecule has 206 valence electrons. The number of hydrogen-bond donors (Lipinski definition) is 1. The van der Waals surface area contributed by atoms with Crippen molar-refractivity contribution in [2.45, 2.75) is 59.7 Å². The van der Waals surface area contributed by atoms with E-state index in [0.717, 1.165) is 35.2 Å². The molecule has 9 heteroatoms. The van der Waals surface area contributed by atoms with Crippen LogP contribution < -0.4 is 4.74 Å². The molecule has 39 heavy (non-hydrogen) atoms. The van der Waals surface area contributed by atoms with Crippen molar-refractivity contribution in [3.8, 4) is 11.6 Å². The summed E-state index contributed by atoms with van der Waals surface area (Å²) >= 11 is 0. The Kier molecular flexibility index (Phi) is 7.20. The number of aromatic hydroxyl groups is 1. The normalized spacial score (nSPS) is 23.0. The maximum Gasteiger partial charge on any atom is 0.304 e. The lowest BCUT2D eigenvalue weighted by molar-refractivity contribution is -0.122. The van der Waals surface area contributed by atoms with Crippen LogP contribution in [-0.2, 0) is 16.3 Å². The van der Waals surface area contributed by atoms with Gasteiger partial charge >= 0.3 is 5.91 Å². The Balaban J connectivity index is 1.29. The summed E-state index contributed by atoms with van der Waals surface area (Å²) in [4.78, 5) is 20.1. The van der Waals surface area contributed by atoms with Gasteiger partial charge in [0, 0.05) is 18.0 Å². The zero-order valence-electron chi connectivity index (χ0n) is 23.3. The van der Waals surface area contributed by atoms with Gasteiger partial charge in [0.15, 0.2) is 12.3 Å². The van der Waals surface area contributed by atoms with Crippen LogP contribution in [0.4, 0.5) is 5.69 Å². The van der Waals surface area contributed by atoms with E-state index in [1.54, 1.807) is 14.0 Å². The fourth-order valence-electron chi connectivity index (χ4n) is 6.64. The Bertz CT molecular complexity index is 1430. The van der Waals surface area contributed by atoms with Gasteiger partial charge in [-0.1, -0.05) is 44.1 Å². The van der Waals surface area contributed by atoms with Gasteiger partial charge in [0.2, 0.25) is 5.88 Å². The number of carbonyl (C=O) groups excluding carboxylic acids is 1. The van der Waals surface area contributed by atoms with Gasteiger partial charge in [0.25, 0.3) is 0 Å². The Morgan fingerprint density at radius 2 is 1.85 bits per heavy atom. The third-order valence-electron chi connectivity index (χ3n) is 7.92. The van der Waals surface area contributed by atoms with Gasteiger partial charge in [0.1, 0.15) is 5.75 Å². The Labute approximate surface area is 229 Å². The van der Waals surface area contributed by atoms with Gasteiger partial charge in [-0.2, -0.15) is 0 Å². The minimum Gasteiger partial charge on any atom is -0.497 e. The first kappa shape index (κ1) is 26.9. The minimum absolute atomic E-state index is 0.00731. The number of aromatic nitrogens is 1. The molecule has 9 nitrogen and oxygen atoms in total. The summed E-state index contributed by atoms with van der Waals surface area (Å²) in [6.07, 6.45) is 3.53. The van der Waals surface area contributed by atoms with Crippen LogP contribution in [-0.4, -0.2) is 52.5 Å². The molecule has 2 heterocycles. The molecule has 1 N–H and O–H groups in total. The summed E-state index contributed by atoms with van der Waals surface area (Å²) < 4.78 is 7.04. The number of azo groups is 1. The maximum atomic E-state index is 12.4. The molecule has 0 spiro atoms. The largest absolute Gasteiger partial charge is 0.497 e. The molecule has 0 unspecified atom stereocenters. The molecule has 5 rings (SSSR count). The van der Waals surface area contributed by atoms with E-state index in [9.17, 15) is 9.90 Å². The summed E-state index contributed by atoms with van der Waals surface area (Å²) in [7, 11) is 1.61. The first-order chi connectivity index (χ1) is 18.6. The summed E-state index contributed by atoms with van der Waals surface area (Å²) in [6.45, 7) is 10.1. The second kappa shape index (κ2) is 10.4. The van der Waals surface area contributed by atoms with E-state index in [2.05, 4.69) is 41.1 Å². The monoisotopic (exact) mass is 531 g/mol. The lowest BCUT2D eigenvalue weighted by atomic mass is 9.65. The van der Waals surface area contributed by atoms with Crippen LogP contribution in [0.25, 0.3) is 10.9 Å².